The quantitative estimate of drug-likeness (QED) is 0.422. The Morgan fingerprint density at radius 1 is 1.18 bits per heavy atom. The van der Waals surface area contributed by atoms with Crippen molar-refractivity contribution in [1.29, 1.82) is 0 Å². The number of aromatic nitrogens is 2. The van der Waals surface area contributed by atoms with E-state index in [0.717, 1.165) is 50.0 Å². The van der Waals surface area contributed by atoms with E-state index in [0.29, 0.717) is 44.7 Å². The van der Waals surface area contributed by atoms with E-state index in [2.05, 4.69) is 20.8 Å². The van der Waals surface area contributed by atoms with Crippen LogP contribution in [0.25, 0.3) is 11.0 Å². The standard InChI is InChI=1S/C25H40N4O4S/c1-5-7-8-14-29(20(3)9-6-2)25(30)13-12-24-26-22-19-21(10-11-23(22)27(24)4)34(31,32)28-15-17-33-18-16-28/h10-11,19-20H,5-9,12-18H2,1-4H3. The number of amides is 1. The molecule has 34 heavy (non-hydrogen) atoms. The number of morpholine rings is 1. The molecular formula is C25H40N4O4S. The van der Waals surface area contributed by atoms with E-state index < -0.39 is 10.0 Å². The van der Waals surface area contributed by atoms with Crippen molar-refractivity contribution in [2.24, 2.45) is 7.05 Å². The number of rotatable bonds is 12. The van der Waals surface area contributed by atoms with Crippen LogP contribution in [0.3, 0.4) is 0 Å². The largest absolute Gasteiger partial charge is 0.379 e. The van der Waals surface area contributed by atoms with Gasteiger partial charge in [-0.05, 0) is 38.0 Å². The van der Waals surface area contributed by atoms with Crippen molar-refractivity contribution in [1.82, 2.24) is 18.8 Å². The van der Waals surface area contributed by atoms with Gasteiger partial charge in [-0.3, -0.25) is 4.79 Å². The molecule has 0 N–H and O–H groups in total. The van der Waals surface area contributed by atoms with Gasteiger partial charge < -0.3 is 14.2 Å². The van der Waals surface area contributed by atoms with Crippen LogP contribution >= 0.6 is 0 Å². The molecule has 1 aromatic heterocycles. The summed E-state index contributed by atoms with van der Waals surface area (Å²) >= 11 is 0. The van der Waals surface area contributed by atoms with E-state index in [1.807, 2.05) is 16.5 Å². The van der Waals surface area contributed by atoms with E-state index in [-0.39, 0.29) is 16.8 Å². The maximum atomic E-state index is 13.1. The lowest BCUT2D eigenvalue weighted by atomic mass is 10.1. The van der Waals surface area contributed by atoms with Gasteiger partial charge in [-0.25, -0.2) is 13.4 Å². The molecule has 1 atom stereocenters. The number of fused-ring (bicyclic) bond motifs is 1. The average molecular weight is 493 g/mol. The lowest BCUT2D eigenvalue weighted by Gasteiger charge is -2.29. The first-order valence-corrected chi connectivity index (χ1v) is 14.1. The van der Waals surface area contributed by atoms with Gasteiger partial charge in [0.15, 0.2) is 0 Å². The van der Waals surface area contributed by atoms with Crippen molar-refractivity contribution >= 4 is 27.0 Å². The molecule has 1 fully saturated rings. The molecule has 1 amide bonds. The smallest absolute Gasteiger partial charge is 0.243 e. The third-order valence-corrected chi connectivity index (χ3v) is 8.57. The Kier molecular flexibility index (Phi) is 9.50. The van der Waals surface area contributed by atoms with Crippen LogP contribution in [0.2, 0.25) is 0 Å². The van der Waals surface area contributed by atoms with Crippen molar-refractivity contribution in [3.05, 3.63) is 24.0 Å². The van der Waals surface area contributed by atoms with Crippen molar-refractivity contribution in [3.8, 4) is 0 Å². The van der Waals surface area contributed by atoms with Crippen molar-refractivity contribution in [3.63, 3.8) is 0 Å². The summed E-state index contributed by atoms with van der Waals surface area (Å²) in [5.74, 6) is 0.959. The Labute approximate surface area is 204 Å². The van der Waals surface area contributed by atoms with Gasteiger partial charge in [-0.2, -0.15) is 4.31 Å². The molecule has 1 saturated heterocycles. The zero-order chi connectivity index (χ0) is 24.7. The molecule has 190 valence electrons. The predicted molar refractivity (Wildman–Crippen MR) is 134 cm³/mol. The number of carbonyl (C=O) groups is 1. The van der Waals surface area contributed by atoms with E-state index in [1.165, 1.54) is 4.31 Å². The highest BCUT2D eigenvalue weighted by Gasteiger charge is 2.27. The zero-order valence-corrected chi connectivity index (χ0v) is 21.9. The Balaban J connectivity index is 1.74. The molecule has 8 nitrogen and oxygen atoms in total. The highest BCUT2D eigenvalue weighted by atomic mass is 32.2. The minimum atomic E-state index is -3.58. The topological polar surface area (TPSA) is 84.7 Å². The van der Waals surface area contributed by atoms with Crippen molar-refractivity contribution in [2.75, 3.05) is 32.8 Å². The van der Waals surface area contributed by atoms with Gasteiger partial charge in [-0.15, -0.1) is 0 Å². The molecule has 0 bridgehead atoms. The lowest BCUT2D eigenvalue weighted by molar-refractivity contribution is -0.133. The fourth-order valence-electron chi connectivity index (χ4n) is 4.61. The summed E-state index contributed by atoms with van der Waals surface area (Å²) in [4.78, 5) is 20.1. The summed E-state index contributed by atoms with van der Waals surface area (Å²) in [5.41, 5.74) is 1.50. The second kappa shape index (κ2) is 12.1. The summed E-state index contributed by atoms with van der Waals surface area (Å²) in [6, 6.07) is 5.33. The lowest BCUT2D eigenvalue weighted by Crippen LogP contribution is -2.40. The highest BCUT2D eigenvalue weighted by molar-refractivity contribution is 7.89. The van der Waals surface area contributed by atoms with Gasteiger partial charge in [0.05, 0.1) is 29.1 Å². The molecule has 0 radical (unpaired) electrons. The zero-order valence-electron chi connectivity index (χ0n) is 21.1. The molecule has 1 aliphatic rings. The number of carbonyl (C=O) groups excluding carboxylic acids is 1. The molecular weight excluding hydrogens is 452 g/mol. The molecule has 3 rings (SSSR count). The first kappa shape index (κ1) is 26.6. The van der Waals surface area contributed by atoms with E-state index >= 15 is 0 Å². The van der Waals surface area contributed by atoms with Gasteiger partial charge >= 0.3 is 0 Å². The summed E-state index contributed by atoms with van der Waals surface area (Å²) in [6.07, 6.45) is 6.28. The Morgan fingerprint density at radius 2 is 1.91 bits per heavy atom. The van der Waals surface area contributed by atoms with Crippen LogP contribution in [-0.2, 0) is 33.0 Å². The van der Waals surface area contributed by atoms with Crippen LogP contribution in [0, 0.1) is 0 Å². The molecule has 0 spiro atoms. The average Bonchev–Trinajstić information content (AvgIpc) is 3.15. The van der Waals surface area contributed by atoms with Gasteiger partial charge in [-0.1, -0.05) is 33.1 Å². The predicted octanol–water partition coefficient (Wildman–Crippen LogP) is 3.73. The number of hydrogen-bond acceptors (Lipinski definition) is 5. The molecule has 1 aromatic carbocycles. The van der Waals surface area contributed by atoms with Crippen LogP contribution in [0.15, 0.2) is 23.1 Å². The van der Waals surface area contributed by atoms with Crippen LogP contribution in [0.4, 0.5) is 0 Å². The van der Waals surface area contributed by atoms with Gasteiger partial charge in [0.25, 0.3) is 0 Å². The second-order valence-corrected chi connectivity index (χ2v) is 11.1. The number of nitrogens with zero attached hydrogens (tertiary/aromatic N) is 4. The SMILES string of the molecule is CCCCCN(C(=O)CCc1nc2cc(S(=O)(=O)N3CCOCC3)ccc2n1C)C(C)CCC. The first-order valence-electron chi connectivity index (χ1n) is 12.6. The molecule has 2 aromatic rings. The maximum absolute atomic E-state index is 13.1. The van der Waals surface area contributed by atoms with Crippen molar-refractivity contribution in [2.45, 2.75) is 76.7 Å². The minimum absolute atomic E-state index is 0.166. The Bertz CT molecular complexity index is 1060. The van der Waals surface area contributed by atoms with Gasteiger partial charge in [0, 0.05) is 45.6 Å². The van der Waals surface area contributed by atoms with Crippen LogP contribution in [0.1, 0.15) is 65.1 Å². The number of ether oxygens (including phenoxy) is 1. The van der Waals surface area contributed by atoms with Crippen LogP contribution in [0.5, 0.6) is 0 Å². The number of hydrogen-bond donors (Lipinski definition) is 0. The van der Waals surface area contributed by atoms with Crippen molar-refractivity contribution < 1.29 is 17.9 Å². The third kappa shape index (κ3) is 6.17. The monoisotopic (exact) mass is 492 g/mol. The number of benzene rings is 1. The highest BCUT2D eigenvalue weighted by Crippen LogP contribution is 2.24. The van der Waals surface area contributed by atoms with E-state index in [1.54, 1.807) is 18.2 Å². The Morgan fingerprint density at radius 3 is 2.59 bits per heavy atom. The number of imidazole rings is 1. The molecule has 2 heterocycles. The second-order valence-electron chi connectivity index (χ2n) is 9.19. The summed E-state index contributed by atoms with van der Waals surface area (Å²) in [5, 5.41) is 0. The molecule has 9 heteroatoms. The van der Waals surface area contributed by atoms with Gasteiger partial charge in [0.1, 0.15) is 5.82 Å². The molecule has 1 aliphatic heterocycles. The summed E-state index contributed by atoms with van der Waals surface area (Å²) in [7, 11) is -1.66. The molecule has 0 saturated carbocycles. The fourth-order valence-corrected chi connectivity index (χ4v) is 6.04. The molecule has 0 aliphatic carbocycles. The number of aryl methyl sites for hydroxylation is 2. The fraction of sp³-hybridized carbons (Fsp3) is 0.680. The summed E-state index contributed by atoms with van der Waals surface area (Å²) in [6.45, 7) is 8.81. The van der Waals surface area contributed by atoms with Crippen LogP contribution < -0.4 is 0 Å². The Hall–Kier alpha value is -1.97. The van der Waals surface area contributed by atoms with E-state index in [9.17, 15) is 13.2 Å². The third-order valence-electron chi connectivity index (χ3n) is 6.68. The van der Waals surface area contributed by atoms with E-state index in [4.69, 9.17) is 9.72 Å². The normalized spacial score (nSPS) is 16.1. The van der Waals surface area contributed by atoms with Crippen LogP contribution in [-0.4, -0.2) is 72.0 Å². The van der Waals surface area contributed by atoms with Gasteiger partial charge in [0.2, 0.25) is 15.9 Å². The maximum Gasteiger partial charge on any atom is 0.243 e. The summed E-state index contributed by atoms with van der Waals surface area (Å²) < 4.78 is 34.8. The number of unbranched alkanes of at least 4 members (excludes halogenated alkanes) is 2. The minimum Gasteiger partial charge on any atom is -0.379 e. The molecule has 1 unspecified atom stereocenters. The number of sulfonamides is 1. The first-order chi connectivity index (χ1) is 16.3.